The molecule has 2 rings (SSSR count). The lowest BCUT2D eigenvalue weighted by Crippen LogP contribution is -2.28. The van der Waals surface area contributed by atoms with Gasteiger partial charge in [-0.3, -0.25) is 4.79 Å². The molecule has 0 amide bonds. The van der Waals surface area contributed by atoms with Gasteiger partial charge in [0.1, 0.15) is 16.8 Å². The Morgan fingerprint density at radius 2 is 2.21 bits per heavy atom. The van der Waals surface area contributed by atoms with Crippen LogP contribution in [0.3, 0.4) is 0 Å². The maximum atomic E-state index is 11.1. The number of hydrogen-bond acceptors (Lipinski definition) is 4. The van der Waals surface area contributed by atoms with Crippen molar-refractivity contribution < 1.29 is 4.79 Å². The summed E-state index contributed by atoms with van der Waals surface area (Å²) in [6.07, 6.45) is 6.72. The van der Waals surface area contributed by atoms with Crippen LogP contribution >= 0.6 is 11.6 Å². The van der Waals surface area contributed by atoms with Crippen molar-refractivity contribution in [3.05, 3.63) is 16.5 Å². The maximum absolute atomic E-state index is 11.1. The van der Waals surface area contributed by atoms with Gasteiger partial charge in [-0.1, -0.05) is 37.8 Å². The molecule has 4 nitrogen and oxygen atoms in total. The highest BCUT2D eigenvalue weighted by Gasteiger charge is 2.22. The lowest BCUT2D eigenvalue weighted by atomic mass is 9.84. The SMILES string of the molecule is CCC1CCCC(Nc2nc(C)nc(Cl)c2C=O)C1. The molecule has 0 aromatic carbocycles. The molecule has 104 valence electrons. The van der Waals surface area contributed by atoms with Crippen LogP contribution in [0.2, 0.25) is 5.15 Å². The minimum Gasteiger partial charge on any atom is -0.367 e. The molecule has 0 spiro atoms. The van der Waals surface area contributed by atoms with Crippen molar-refractivity contribution >= 4 is 23.7 Å². The number of halogens is 1. The minimum absolute atomic E-state index is 0.229. The van der Waals surface area contributed by atoms with Crippen LogP contribution in [0.4, 0.5) is 5.82 Å². The fourth-order valence-electron chi connectivity index (χ4n) is 2.75. The number of aryl methyl sites for hydroxylation is 1. The minimum atomic E-state index is 0.229. The Hall–Kier alpha value is -1.16. The fraction of sp³-hybridized carbons (Fsp3) is 0.643. The molecule has 1 aliphatic carbocycles. The van der Waals surface area contributed by atoms with Crippen LogP contribution in [0.1, 0.15) is 55.2 Å². The van der Waals surface area contributed by atoms with E-state index >= 15 is 0 Å². The molecule has 2 unspecified atom stereocenters. The van der Waals surface area contributed by atoms with E-state index in [1.807, 2.05) is 0 Å². The third kappa shape index (κ3) is 3.44. The van der Waals surface area contributed by atoms with E-state index in [-0.39, 0.29) is 5.15 Å². The molecular weight excluding hydrogens is 262 g/mol. The van der Waals surface area contributed by atoms with Crippen molar-refractivity contribution in [1.82, 2.24) is 9.97 Å². The third-order valence-electron chi connectivity index (χ3n) is 3.83. The summed E-state index contributed by atoms with van der Waals surface area (Å²) < 4.78 is 0. The van der Waals surface area contributed by atoms with Gasteiger partial charge in [0.05, 0.1) is 5.56 Å². The number of carbonyl (C=O) groups is 1. The quantitative estimate of drug-likeness (QED) is 0.676. The number of carbonyl (C=O) groups excluding carboxylic acids is 1. The Labute approximate surface area is 119 Å². The van der Waals surface area contributed by atoms with E-state index in [4.69, 9.17) is 11.6 Å². The molecule has 19 heavy (non-hydrogen) atoms. The molecular formula is C14H20ClN3O. The topological polar surface area (TPSA) is 54.9 Å². The number of anilines is 1. The largest absolute Gasteiger partial charge is 0.367 e. The van der Waals surface area contributed by atoms with Gasteiger partial charge in [0.25, 0.3) is 0 Å². The third-order valence-corrected chi connectivity index (χ3v) is 4.12. The second kappa shape index (κ2) is 6.33. The average molecular weight is 282 g/mol. The van der Waals surface area contributed by atoms with E-state index in [1.165, 1.54) is 19.3 Å². The van der Waals surface area contributed by atoms with Gasteiger partial charge >= 0.3 is 0 Å². The Bertz CT molecular complexity index is 464. The molecule has 1 heterocycles. The van der Waals surface area contributed by atoms with Gasteiger partial charge in [0.2, 0.25) is 0 Å². The van der Waals surface area contributed by atoms with E-state index < -0.39 is 0 Å². The van der Waals surface area contributed by atoms with Gasteiger partial charge < -0.3 is 5.32 Å². The van der Waals surface area contributed by atoms with Crippen LogP contribution in [-0.4, -0.2) is 22.3 Å². The molecule has 0 radical (unpaired) electrons. The smallest absolute Gasteiger partial charge is 0.156 e. The zero-order chi connectivity index (χ0) is 13.8. The summed E-state index contributed by atoms with van der Waals surface area (Å²) in [6, 6.07) is 0.378. The summed E-state index contributed by atoms with van der Waals surface area (Å²) in [4.78, 5) is 19.4. The summed E-state index contributed by atoms with van der Waals surface area (Å²) in [5.74, 6) is 1.93. The summed E-state index contributed by atoms with van der Waals surface area (Å²) in [6.45, 7) is 4.01. The van der Waals surface area contributed by atoms with Crippen LogP contribution < -0.4 is 5.32 Å². The van der Waals surface area contributed by atoms with Crippen LogP contribution in [-0.2, 0) is 0 Å². The molecule has 1 N–H and O–H groups in total. The van der Waals surface area contributed by atoms with Gasteiger partial charge in [0.15, 0.2) is 6.29 Å². The van der Waals surface area contributed by atoms with Gasteiger partial charge in [-0.05, 0) is 25.7 Å². The molecule has 0 saturated heterocycles. The van der Waals surface area contributed by atoms with Gasteiger partial charge in [-0.15, -0.1) is 0 Å². The van der Waals surface area contributed by atoms with Crippen molar-refractivity contribution in [3.63, 3.8) is 0 Å². The van der Waals surface area contributed by atoms with Crippen molar-refractivity contribution in [2.45, 2.75) is 52.0 Å². The lowest BCUT2D eigenvalue weighted by Gasteiger charge is -2.29. The van der Waals surface area contributed by atoms with Crippen molar-refractivity contribution in [1.29, 1.82) is 0 Å². The number of rotatable bonds is 4. The van der Waals surface area contributed by atoms with E-state index in [0.717, 1.165) is 25.0 Å². The zero-order valence-corrected chi connectivity index (χ0v) is 12.2. The highest BCUT2D eigenvalue weighted by molar-refractivity contribution is 6.32. The Kier molecular flexibility index (Phi) is 4.75. The zero-order valence-electron chi connectivity index (χ0n) is 11.4. The lowest BCUT2D eigenvalue weighted by molar-refractivity contribution is 0.112. The normalized spacial score (nSPS) is 23.1. The summed E-state index contributed by atoms with van der Waals surface area (Å²) in [5, 5.41) is 3.61. The van der Waals surface area contributed by atoms with Crippen molar-refractivity contribution in [2.24, 2.45) is 5.92 Å². The number of aromatic nitrogens is 2. The second-order valence-corrected chi connectivity index (χ2v) is 5.58. The summed E-state index contributed by atoms with van der Waals surface area (Å²) >= 11 is 5.99. The van der Waals surface area contributed by atoms with Crippen LogP contribution in [0.25, 0.3) is 0 Å². The van der Waals surface area contributed by atoms with E-state index in [0.29, 0.717) is 23.2 Å². The van der Waals surface area contributed by atoms with Gasteiger partial charge in [-0.25, -0.2) is 9.97 Å². The first kappa shape index (κ1) is 14.3. The molecule has 1 aromatic rings. The molecule has 0 aliphatic heterocycles. The first-order chi connectivity index (χ1) is 9.13. The molecule has 2 atom stereocenters. The molecule has 5 heteroatoms. The van der Waals surface area contributed by atoms with Crippen LogP contribution in [0.15, 0.2) is 0 Å². The first-order valence-corrected chi connectivity index (χ1v) is 7.27. The summed E-state index contributed by atoms with van der Waals surface area (Å²) in [7, 11) is 0. The van der Waals surface area contributed by atoms with Crippen LogP contribution in [0.5, 0.6) is 0 Å². The monoisotopic (exact) mass is 281 g/mol. The molecule has 1 aromatic heterocycles. The Morgan fingerprint density at radius 1 is 1.42 bits per heavy atom. The highest BCUT2D eigenvalue weighted by Crippen LogP contribution is 2.29. The highest BCUT2D eigenvalue weighted by atomic mass is 35.5. The molecule has 1 saturated carbocycles. The van der Waals surface area contributed by atoms with Crippen LogP contribution in [0, 0.1) is 12.8 Å². The predicted octanol–water partition coefficient (Wildman–Crippen LogP) is 3.63. The van der Waals surface area contributed by atoms with E-state index in [1.54, 1.807) is 6.92 Å². The maximum Gasteiger partial charge on any atom is 0.156 e. The Morgan fingerprint density at radius 3 is 2.89 bits per heavy atom. The predicted molar refractivity (Wildman–Crippen MR) is 76.8 cm³/mol. The summed E-state index contributed by atoms with van der Waals surface area (Å²) in [5.41, 5.74) is 0.367. The molecule has 1 aliphatic rings. The van der Waals surface area contributed by atoms with E-state index in [9.17, 15) is 4.79 Å². The second-order valence-electron chi connectivity index (χ2n) is 5.22. The number of aldehydes is 1. The average Bonchev–Trinajstić information content (AvgIpc) is 2.38. The van der Waals surface area contributed by atoms with Crippen molar-refractivity contribution in [2.75, 3.05) is 5.32 Å². The number of nitrogens with zero attached hydrogens (tertiary/aromatic N) is 2. The number of hydrogen-bond donors (Lipinski definition) is 1. The molecule has 1 fully saturated rings. The van der Waals surface area contributed by atoms with E-state index in [2.05, 4.69) is 22.2 Å². The van der Waals surface area contributed by atoms with Gasteiger partial charge in [-0.2, -0.15) is 0 Å². The van der Waals surface area contributed by atoms with Crippen molar-refractivity contribution in [3.8, 4) is 0 Å². The first-order valence-electron chi connectivity index (χ1n) is 6.89. The number of nitrogens with one attached hydrogen (secondary N) is 1. The fourth-order valence-corrected chi connectivity index (χ4v) is 3.00. The van der Waals surface area contributed by atoms with Gasteiger partial charge in [0, 0.05) is 6.04 Å². The standard InChI is InChI=1S/C14H20ClN3O/c1-3-10-5-4-6-11(7-10)18-14-12(8-19)13(15)16-9(2)17-14/h8,10-11H,3-7H2,1-2H3,(H,16,17,18). The molecule has 0 bridgehead atoms. The Balaban J connectivity index is 2.16.